The summed E-state index contributed by atoms with van der Waals surface area (Å²) in [6.07, 6.45) is 3.80. The van der Waals surface area contributed by atoms with E-state index in [1.54, 1.807) is 20.3 Å². The van der Waals surface area contributed by atoms with Gasteiger partial charge in [0.05, 0.1) is 31.8 Å². The molecule has 184 valence electrons. The van der Waals surface area contributed by atoms with Crippen LogP contribution in [0, 0.1) is 0 Å². The number of carbonyl (C=O) groups excluding carboxylic acids is 1. The average Bonchev–Trinajstić information content (AvgIpc) is 2.90. The Kier molecular flexibility index (Phi) is 6.48. The van der Waals surface area contributed by atoms with E-state index in [9.17, 15) is 4.79 Å². The number of nitrogens with two attached hydrogens (primary N) is 1. The highest BCUT2D eigenvalue weighted by Gasteiger charge is 2.42. The largest absolute Gasteiger partial charge is 0.493 e. The number of benzene rings is 2. The molecule has 0 radical (unpaired) electrons. The zero-order valence-corrected chi connectivity index (χ0v) is 20.1. The maximum absolute atomic E-state index is 13.0. The minimum absolute atomic E-state index is 0.0479. The first-order chi connectivity index (χ1) is 17.1. The second kappa shape index (κ2) is 9.85. The van der Waals surface area contributed by atoms with Gasteiger partial charge in [0.15, 0.2) is 11.5 Å². The van der Waals surface area contributed by atoms with Crippen LogP contribution in [0.2, 0.25) is 0 Å². The molecule has 1 aromatic heterocycles. The number of hydrogen-bond acceptors (Lipinski definition) is 8. The lowest BCUT2D eigenvalue weighted by molar-refractivity contribution is 0.0556. The zero-order valence-electron chi connectivity index (χ0n) is 20.1. The molecule has 0 spiro atoms. The van der Waals surface area contributed by atoms with E-state index in [2.05, 4.69) is 9.88 Å². The fraction of sp³-hybridized carbons (Fsp3) is 0.423. The number of methoxy groups -OCH3 is 2. The summed E-state index contributed by atoms with van der Waals surface area (Å²) in [4.78, 5) is 26.6. The second-order valence-corrected chi connectivity index (χ2v) is 8.98. The first-order valence-electron chi connectivity index (χ1n) is 12.0. The number of ether oxygens (including phenoxy) is 3. The van der Waals surface area contributed by atoms with E-state index in [0.717, 1.165) is 36.6 Å². The molecule has 2 aromatic carbocycles. The van der Waals surface area contributed by atoms with E-state index in [-0.39, 0.29) is 24.8 Å². The van der Waals surface area contributed by atoms with Gasteiger partial charge in [0, 0.05) is 24.5 Å². The van der Waals surface area contributed by atoms with Gasteiger partial charge in [-0.05, 0) is 24.5 Å². The molecule has 1 aliphatic carbocycles. The molecule has 2 fully saturated rings. The number of piperazine rings is 1. The van der Waals surface area contributed by atoms with Gasteiger partial charge in [0.2, 0.25) is 5.95 Å². The van der Waals surface area contributed by atoms with Gasteiger partial charge in [-0.15, -0.1) is 0 Å². The van der Waals surface area contributed by atoms with Crippen LogP contribution < -0.4 is 20.1 Å². The molecule has 5 rings (SSSR count). The minimum Gasteiger partial charge on any atom is -0.493 e. The Labute approximate surface area is 204 Å². The molecule has 2 heterocycles. The standard InChI is InChI=1S/C26H31N5O4/c1-33-22-14-18-19(15-23(22)34-2)28-25(29-24(18)27)30-12-13-31(21-11-7-6-10-20(21)30)26(32)35-16-17-8-4-3-5-9-17/h3-5,8-9,14-15,20-21H,6-7,10-13,16H2,1-2H3,(H2,27,28,29). The molecule has 1 aliphatic heterocycles. The summed E-state index contributed by atoms with van der Waals surface area (Å²) in [6.45, 7) is 1.43. The normalized spacial score (nSPS) is 19.8. The lowest BCUT2D eigenvalue weighted by atomic mass is 9.86. The maximum Gasteiger partial charge on any atom is 0.410 e. The second-order valence-electron chi connectivity index (χ2n) is 8.98. The smallest absolute Gasteiger partial charge is 0.410 e. The number of hydrogen-bond donors (Lipinski definition) is 1. The van der Waals surface area contributed by atoms with Crippen molar-refractivity contribution in [1.82, 2.24) is 14.9 Å². The molecule has 2 N–H and O–H groups in total. The molecular formula is C26H31N5O4. The van der Waals surface area contributed by atoms with Crippen LogP contribution in [-0.2, 0) is 11.3 Å². The summed E-state index contributed by atoms with van der Waals surface area (Å²) >= 11 is 0. The highest BCUT2D eigenvalue weighted by Crippen LogP contribution is 2.37. The Morgan fingerprint density at radius 2 is 1.71 bits per heavy atom. The highest BCUT2D eigenvalue weighted by molar-refractivity contribution is 5.91. The Bertz CT molecular complexity index is 1210. The van der Waals surface area contributed by atoms with Crippen molar-refractivity contribution in [2.75, 3.05) is 37.9 Å². The molecule has 2 atom stereocenters. The van der Waals surface area contributed by atoms with E-state index in [0.29, 0.717) is 41.9 Å². The van der Waals surface area contributed by atoms with Gasteiger partial charge < -0.3 is 29.7 Å². The van der Waals surface area contributed by atoms with Crippen LogP contribution in [0.25, 0.3) is 10.9 Å². The SMILES string of the molecule is COc1cc2nc(N3CCN(C(=O)OCc4ccccc4)C4CCCCC43)nc(N)c2cc1OC. The highest BCUT2D eigenvalue weighted by atomic mass is 16.6. The van der Waals surface area contributed by atoms with E-state index >= 15 is 0 Å². The van der Waals surface area contributed by atoms with Crippen LogP contribution in [0.5, 0.6) is 11.5 Å². The average molecular weight is 478 g/mol. The van der Waals surface area contributed by atoms with E-state index in [1.165, 1.54) is 0 Å². The minimum atomic E-state index is -0.263. The zero-order chi connectivity index (χ0) is 24.4. The summed E-state index contributed by atoms with van der Waals surface area (Å²) in [5.74, 6) is 2.14. The van der Waals surface area contributed by atoms with Crippen molar-refractivity contribution in [3.05, 3.63) is 48.0 Å². The molecular weight excluding hydrogens is 446 g/mol. The summed E-state index contributed by atoms with van der Waals surface area (Å²) in [5.41, 5.74) is 8.03. The molecule has 35 heavy (non-hydrogen) atoms. The summed E-state index contributed by atoms with van der Waals surface area (Å²) in [7, 11) is 3.18. The van der Waals surface area contributed by atoms with Gasteiger partial charge in [0.1, 0.15) is 12.4 Å². The fourth-order valence-electron chi connectivity index (χ4n) is 5.24. The first kappa shape index (κ1) is 23.0. The van der Waals surface area contributed by atoms with Crippen LogP contribution in [0.1, 0.15) is 31.2 Å². The first-order valence-corrected chi connectivity index (χ1v) is 12.0. The van der Waals surface area contributed by atoms with Crippen LogP contribution in [0.4, 0.5) is 16.6 Å². The number of aromatic nitrogens is 2. The van der Waals surface area contributed by atoms with E-state index in [4.69, 9.17) is 24.9 Å². The lowest BCUT2D eigenvalue weighted by Gasteiger charge is -2.49. The third-order valence-corrected chi connectivity index (χ3v) is 6.99. The summed E-state index contributed by atoms with van der Waals surface area (Å²) in [5, 5.41) is 0.717. The number of nitrogens with zero attached hydrogens (tertiary/aromatic N) is 4. The fourth-order valence-corrected chi connectivity index (χ4v) is 5.24. The Morgan fingerprint density at radius 1 is 1.00 bits per heavy atom. The summed E-state index contributed by atoms with van der Waals surface area (Å²) in [6, 6.07) is 13.5. The molecule has 9 heteroatoms. The number of amides is 1. The third-order valence-electron chi connectivity index (χ3n) is 6.99. The molecule has 3 aromatic rings. The Balaban J connectivity index is 1.39. The number of nitrogen functional groups attached to an aromatic ring is 1. The van der Waals surface area contributed by atoms with Crippen LogP contribution in [0.3, 0.4) is 0 Å². The molecule has 9 nitrogen and oxygen atoms in total. The molecule has 2 aliphatic rings. The van der Waals surface area contributed by atoms with Crippen LogP contribution >= 0.6 is 0 Å². The van der Waals surface area contributed by atoms with Gasteiger partial charge in [-0.1, -0.05) is 43.2 Å². The van der Waals surface area contributed by atoms with Gasteiger partial charge in [-0.25, -0.2) is 9.78 Å². The Morgan fingerprint density at radius 3 is 2.46 bits per heavy atom. The van der Waals surface area contributed by atoms with Crippen LogP contribution in [0.15, 0.2) is 42.5 Å². The molecule has 2 unspecified atom stereocenters. The predicted octanol–water partition coefficient (Wildman–Crippen LogP) is 4.00. The van der Waals surface area contributed by atoms with Crippen molar-refractivity contribution >= 4 is 28.8 Å². The maximum atomic E-state index is 13.0. The van der Waals surface area contributed by atoms with E-state index in [1.807, 2.05) is 41.3 Å². The number of carbonyl (C=O) groups is 1. The predicted molar refractivity (Wildman–Crippen MR) is 134 cm³/mol. The van der Waals surface area contributed by atoms with Gasteiger partial charge >= 0.3 is 6.09 Å². The van der Waals surface area contributed by atoms with Crippen molar-refractivity contribution in [3.63, 3.8) is 0 Å². The van der Waals surface area contributed by atoms with Crippen molar-refractivity contribution < 1.29 is 19.0 Å². The number of fused-ring (bicyclic) bond motifs is 2. The van der Waals surface area contributed by atoms with Crippen LogP contribution in [-0.4, -0.2) is 60.4 Å². The van der Waals surface area contributed by atoms with E-state index < -0.39 is 0 Å². The van der Waals surface area contributed by atoms with Gasteiger partial charge in [-0.3, -0.25) is 0 Å². The molecule has 1 saturated heterocycles. The summed E-state index contributed by atoms with van der Waals surface area (Å²) < 4.78 is 16.5. The molecule has 1 amide bonds. The van der Waals surface area contributed by atoms with Gasteiger partial charge in [0.25, 0.3) is 0 Å². The monoisotopic (exact) mass is 477 g/mol. The van der Waals surface area contributed by atoms with Crippen molar-refractivity contribution in [2.24, 2.45) is 0 Å². The number of rotatable bonds is 5. The van der Waals surface area contributed by atoms with Crippen molar-refractivity contribution in [2.45, 2.75) is 44.4 Å². The van der Waals surface area contributed by atoms with Crippen molar-refractivity contribution in [1.29, 1.82) is 0 Å². The molecule has 0 bridgehead atoms. The number of anilines is 2. The molecule has 1 saturated carbocycles. The quantitative estimate of drug-likeness (QED) is 0.588. The topological polar surface area (TPSA) is 103 Å². The Hall–Kier alpha value is -3.75. The van der Waals surface area contributed by atoms with Gasteiger partial charge in [-0.2, -0.15) is 4.98 Å². The third kappa shape index (κ3) is 4.50. The lowest BCUT2D eigenvalue weighted by Crippen LogP contribution is -2.62. The van der Waals surface area contributed by atoms with Crippen molar-refractivity contribution in [3.8, 4) is 11.5 Å².